The quantitative estimate of drug-likeness (QED) is 0.313. The zero-order valence-electron chi connectivity index (χ0n) is 22.5. The normalized spacial score (nSPS) is 23.2. The Bertz CT molecular complexity index is 1330. The van der Waals surface area contributed by atoms with Crippen LogP contribution in [0.5, 0.6) is 0 Å². The molecule has 0 radical (unpaired) electrons. The lowest BCUT2D eigenvalue weighted by Gasteiger charge is -2.51. The van der Waals surface area contributed by atoms with Gasteiger partial charge in [0.05, 0.1) is 0 Å². The summed E-state index contributed by atoms with van der Waals surface area (Å²) in [6.45, 7) is 5.72. The molecular formula is C30H31N3O6S. The number of hydrogen-bond acceptors (Lipinski definition) is 7. The van der Waals surface area contributed by atoms with Gasteiger partial charge < -0.3 is 25.0 Å². The molecular weight excluding hydrogens is 530 g/mol. The zero-order valence-corrected chi connectivity index (χ0v) is 23.3. The first-order chi connectivity index (χ1) is 19.1. The number of carbonyl (C=O) groups is 4. The maximum Gasteiger partial charge on any atom is 0.408 e. The number of nitrogens with one attached hydrogen (secondary N) is 2. The standard InChI is InChI=1S/C30H31N3O6S/c1-30(2,3)39-29(37)32-22-26(35)33-23(21(17-40-27(22)33)16-20-14-15-31-25(20)34)28(36)38-24(18-10-6-4-7-11-18)19-12-8-5-9-13-19/h4-13,16-17,22-24,27H,14-15H2,1-3H3,(H,31,34)(H,32,37)/t22-,23?,27-/m1/s1. The monoisotopic (exact) mass is 561 g/mol. The van der Waals surface area contributed by atoms with Crippen LogP contribution in [0.3, 0.4) is 0 Å². The van der Waals surface area contributed by atoms with E-state index in [2.05, 4.69) is 10.6 Å². The van der Waals surface area contributed by atoms with Crippen LogP contribution >= 0.6 is 11.8 Å². The van der Waals surface area contributed by atoms with Gasteiger partial charge >= 0.3 is 12.1 Å². The minimum Gasteiger partial charge on any atom is -0.451 e. The number of amides is 3. The molecule has 0 aliphatic carbocycles. The molecule has 0 saturated carbocycles. The molecule has 2 saturated heterocycles. The van der Waals surface area contributed by atoms with Gasteiger partial charge in [0.25, 0.3) is 0 Å². The van der Waals surface area contributed by atoms with Crippen LogP contribution in [0.4, 0.5) is 4.79 Å². The molecule has 3 atom stereocenters. The highest BCUT2D eigenvalue weighted by atomic mass is 32.2. The van der Waals surface area contributed by atoms with Crippen molar-refractivity contribution in [3.05, 3.63) is 94.4 Å². The molecule has 208 valence electrons. The first kappa shape index (κ1) is 27.5. The van der Waals surface area contributed by atoms with E-state index in [1.54, 1.807) is 32.3 Å². The van der Waals surface area contributed by atoms with Crippen molar-refractivity contribution in [2.75, 3.05) is 6.54 Å². The first-order valence-corrected chi connectivity index (χ1v) is 14.0. The smallest absolute Gasteiger partial charge is 0.408 e. The third-order valence-corrected chi connectivity index (χ3v) is 7.85. The molecule has 0 bridgehead atoms. The van der Waals surface area contributed by atoms with Gasteiger partial charge in [0.15, 0.2) is 12.1 Å². The second-order valence-corrected chi connectivity index (χ2v) is 11.7. The van der Waals surface area contributed by atoms with Crippen LogP contribution in [-0.4, -0.2) is 58.4 Å². The molecule has 2 aromatic rings. The number of benzene rings is 2. The topological polar surface area (TPSA) is 114 Å². The Kier molecular flexibility index (Phi) is 7.71. The Balaban J connectivity index is 1.45. The van der Waals surface area contributed by atoms with Gasteiger partial charge in [-0.25, -0.2) is 9.59 Å². The molecule has 1 unspecified atom stereocenters. The van der Waals surface area contributed by atoms with Gasteiger partial charge in [0.2, 0.25) is 11.8 Å². The zero-order chi connectivity index (χ0) is 28.4. The highest BCUT2D eigenvalue weighted by Gasteiger charge is 2.56. The third kappa shape index (κ3) is 5.77. The molecule has 3 heterocycles. The first-order valence-electron chi connectivity index (χ1n) is 13.1. The largest absolute Gasteiger partial charge is 0.451 e. The molecule has 2 aromatic carbocycles. The van der Waals surface area contributed by atoms with Crippen molar-refractivity contribution in [2.24, 2.45) is 0 Å². The third-order valence-electron chi connectivity index (χ3n) is 6.66. The van der Waals surface area contributed by atoms with E-state index in [1.165, 1.54) is 16.7 Å². The molecule has 2 fully saturated rings. The van der Waals surface area contributed by atoms with Crippen LogP contribution in [0.25, 0.3) is 0 Å². The van der Waals surface area contributed by atoms with Gasteiger partial charge in [-0.3, -0.25) is 9.59 Å². The number of fused-ring (bicyclic) bond motifs is 1. The predicted octanol–water partition coefficient (Wildman–Crippen LogP) is 3.83. The van der Waals surface area contributed by atoms with E-state index < -0.39 is 47.1 Å². The number of alkyl carbamates (subject to hydrolysis) is 1. The van der Waals surface area contributed by atoms with Crippen LogP contribution < -0.4 is 10.6 Å². The molecule has 0 aromatic heterocycles. The summed E-state index contributed by atoms with van der Waals surface area (Å²) >= 11 is 1.30. The van der Waals surface area contributed by atoms with Gasteiger partial charge in [-0.15, -0.1) is 11.8 Å². The van der Waals surface area contributed by atoms with Gasteiger partial charge in [-0.05, 0) is 55.4 Å². The Morgan fingerprint density at radius 1 is 1.05 bits per heavy atom. The number of thioether (sulfide) groups is 1. The van der Waals surface area contributed by atoms with Crippen LogP contribution in [0.15, 0.2) is 83.3 Å². The van der Waals surface area contributed by atoms with Crippen molar-refractivity contribution < 1.29 is 28.7 Å². The van der Waals surface area contributed by atoms with E-state index in [0.29, 0.717) is 24.1 Å². The SMILES string of the molecule is CC(C)(C)OC(=O)N[C@@H]1C(=O)N2C(C(=O)OC(c3ccccc3)c3ccccc3)C(C=C3CCNC3=O)=CS[C@H]12. The number of hydrogen-bond donors (Lipinski definition) is 2. The van der Waals surface area contributed by atoms with Crippen molar-refractivity contribution in [3.8, 4) is 0 Å². The van der Waals surface area contributed by atoms with E-state index >= 15 is 0 Å². The summed E-state index contributed by atoms with van der Waals surface area (Å²) in [7, 11) is 0. The lowest BCUT2D eigenvalue weighted by Crippen LogP contribution is -2.74. The van der Waals surface area contributed by atoms with Crippen LogP contribution in [0.1, 0.15) is 44.4 Å². The average molecular weight is 562 g/mol. The summed E-state index contributed by atoms with van der Waals surface area (Å²) in [6.07, 6.45) is 0.760. The van der Waals surface area contributed by atoms with Crippen molar-refractivity contribution in [3.63, 3.8) is 0 Å². The minimum atomic E-state index is -1.09. The van der Waals surface area contributed by atoms with E-state index in [4.69, 9.17) is 9.47 Å². The molecule has 3 aliphatic heterocycles. The van der Waals surface area contributed by atoms with Crippen molar-refractivity contribution in [1.29, 1.82) is 0 Å². The van der Waals surface area contributed by atoms with Gasteiger partial charge in [-0.2, -0.15) is 0 Å². The van der Waals surface area contributed by atoms with Crippen LogP contribution in [0.2, 0.25) is 0 Å². The van der Waals surface area contributed by atoms with Crippen LogP contribution in [0, 0.1) is 0 Å². The second kappa shape index (κ2) is 11.2. The predicted molar refractivity (Wildman–Crippen MR) is 150 cm³/mol. The average Bonchev–Trinajstić information content (AvgIpc) is 3.34. The van der Waals surface area contributed by atoms with Gasteiger partial charge in [-0.1, -0.05) is 60.7 Å². The molecule has 5 rings (SSSR count). The number of nitrogens with zero attached hydrogens (tertiary/aromatic N) is 1. The van der Waals surface area contributed by atoms with Crippen molar-refractivity contribution in [1.82, 2.24) is 15.5 Å². The molecule has 40 heavy (non-hydrogen) atoms. The maximum atomic E-state index is 14.0. The fraction of sp³-hybridized carbons (Fsp3) is 0.333. The lowest BCUT2D eigenvalue weighted by atomic mass is 9.95. The minimum absolute atomic E-state index is 0.203. The molecule has 3 amide bonds. The Labute approximate surface area is 237 Å². The number of esters is 1. The maximum absolute atomic E-state index is 14.0. The summed E-state index contributed by atoms with van der Waals surface area (Å²) in [5, 5.41) is 6.63. The summed E-state index contributed by atoms with van der Waals surface area (Å²) in [4.78, 5) is 53.5. The Hall–Kier alpha value is -4.05. The van der Waals surface area contributed by atoms with Crippen molar-refractivity contribution >= 4 is 35.6 Å². The molecule has 10 heteroatoms. The van der Waals surface area contributed by atoms with E-state index in [0.717, 1.165) is 11.1 Å². The number of carbonyl (C=O) groups excluding carboxylic acids is 4. The van der Waals surface area contributed by atoms with E-state index in [1.807, 2.05) is 60.7 Å². The van der Waals surface area contributed by atoms with Crippen LogP contribution in [-0.2, 0) is 23.9 Å². The summed E-state index contributed by atoms with van der Waals surface area (Å²) in [5.74, 6) is -1.26. The van der Waals surface area contributed by atoms with E-state index in [-0.39, 0.29) is 5.91 Å². The van der Waals surface area contributed by atoms with Gasteiger partial charge in [0.1, 0.15) is 17.0 Å². The summed E-state index contributed by atoms with van der Waals surface area (Å²) < 4.78 is 11.5. The lowest BCUT2D eigenvalue weighted by molar-refractivity contribution is -0.164. The Morgan fingerprint density at radius 3 is 2.23 bits per heavy atom. The highest BCUT2D eigenvalue weighted by Crippen LogP contribution is 2.42. The second-order valence-electron chi connectivity index (χ2n) is 10.7. The van der Waals surface area contributed by atoms with E-state index in [9.17, 15) is 19.2 Å². The summed E-state index contributed by atoms with van der Waals surface area (Å²) in [6, 6.07) is 16.8. The highest BCUT2D eigenvalue weighted by molar-refractivity contribution is 8.03. The fourth-order valence-corrected chi connectivity index (χ4v) is 6.04. The number of β-lactam (4-membered cyclic amide) rings is 1. The fourth-order valence-electron chi connectivity index (χ4n) is 4.85. The summed E-state index contributed by atoms with van der Waals surface area (Å²) in [5.41, 5.74) is 1.85. The number of ether oxygens (including phenoxy) is 2. The Morgan fingerprint density at radius 2 is 1.68 bits per heavy atom. The van der Waals surface area contributed by atoms with Gasteiger partial charge in [0, 0.05) is 12.1 Å². The molecule has 0 spiro atoms. The van der Waals surface area contributed by atoms with Crippen molar-refractivity contribution in [2.45, 2.75) is 56.4 Å². The molecule has 2 N–H and O–H groups in total. The number of rotatable bonds is 6. The molecule has 3 aliphatic rings. The molecule has 9 nitrogen and oxygen atoms in total.